The summed E-state index contributed by atoms with van der Waals surface area (Å²) >= 11 is 0. The normalized spacial score (nSPS) is 14.2. The molecule has 4 heteroatoms. The molecule has 0 spiro atoms. The Balaban J connectivity index is 2.19. The number of carbonyl (C=O) groups is 1. The molecule has 19 heavy (non-hydrogen) atoms. The van der Waals surface area contributed by atoms with E-state index < -0.39 is 0 Å². The molecule has 0 atom stereocenters. The van der Waals surface area contributed by atoms with Gasteiger partial charge in [0, 0.05) is 19.5 Å². The number of benzene rings is 1. The first-order valence-corrected chi connectivity index (χ1v) is 6.38. The number of carbonyl (C=O) groups excluding carboxylic acids is 1. The van der Waals surface area contributed by atoms with Gasteiger partial charge in [-0.15, -0.1) is 0 Å². The third-order valence-corrected chi connectivity index (χ3v) is 3.13. The summed E-state index contributed by atoms with van der Waals surface area (Å²) in [4.78, 5) is 13.5. The largest absolute Gasteiger partial charge is 0.495 e. The number of hydrogen-bond donors (Lipinski definition) is 1. The van der Waals surface area contributed by atoms with Gasteiger partial charge in [-0.05, 0) is 24.1 Å². The molecular formula is C15H18N2O2. The van der Waals surface area contributed by atoms with Crippen molar-refractivity contribution in [1.29, 1.82) is 0 Å². The van der Waals surface area contributed by atoms with Crippen LogP contribution in [0.25, 0.3) is 0 Å². The summed E-state index contributed by atoms with van der Waals surface area (Å²) in [5.74, 6) is 6.78. The predicted molar refractivity (Wildman–Crippen MR) is 73.6 cm³/mol. The van der Waals surface area contributed by atoms with Crippen molar-refractivity contribution < 1.29 is 9.53 Å². The van der Waals surface area contributed by atoms with Gasteiger partial charge in [-0.25, -0.2) is 0 Å². The maximum absolute atomic E-state index is 11.6. The molecule has 4 nitrogen and oxygen atoms in total. The van der Waals surface area contributed by atoms with Gasteiger partial charge < -0.3 is 15.4 Å². The van der Waals surface area contributed by atoms with Gasteiger partial charge in [0.25, 0.3) is 0 Å². The zero-order valence-corrected chi connectivity index (χ0v) is 11.1. The van der Waals surface area contributed by atoms with Gasteiger partial charge in [-0.3, -0.25) is 4.79 Å². The zero-order valence-electron chi connectivity index (χ0n) is 11.1. The summed E-state index contributed by atoms with van der Waals surface area (Å²) in [7, 11) is 1.62. The summed E-state index contributed by atoms with van der Waals surface area (Å²) in [6.07, 6.45) is 1.62. The van der Waals surface area contributed by atoms with Crippen LogP contribution in [0.3, 0.4) is 0 Å². The van der Waals surface area contributed by atoms with E-state index >= 15 is 0 Å². The quantitative estimate of drug-likeness (QED) is 0.827. The van der Waals surface area contributed by atoms with Crippen LogP contribution in [0.1, 0.15) is 24.0 Å². The second-order valence-corrected chi connectivity index (χ2v) is 4.46. The number of nitrogens with zero attached hydrogens (tertiary/aromatic N) is 1. The summed E-state index contributed by atoms with van der Waals surface area (Å²) in [6.45, 7) is 1.80. The van der Waals surface area contributed by atoms with E-state index in [9.17, 15) is 4.79 Å². The summed E-state index contributed by atoms with van der Waals surface area (Å²) in [5, 5.41) is 0. The second-order valence-electron chi connectivity index (χ2n) is 4.46. The Morgan fingerprint density at radius 3 is 2.95 bits per heavy atom. The van der Waals surface area contributed by atoms with Crippen LogP contribution in [-0.2, 0) is 11.3 Å². The van der Waals surface area contributed by atoms with E-state index in [1.165, 1.54) is 0 Å². The number of methoxy groups -OCH3 is 1. The van der Waals surface area contributed by atoms with Crippen molar-refractivity contribution in [3.8, 4) is 17.6 Å². The molecule has 1 aliphatic rings. The SMILES string of the molecule is COc1ccc(CN2CCCC2=O)cc1C#CCN. The molecule has 1 fully saturated rings. The van der Waals surface area contributed by atoms with Gasteiger partial charge in [0.05, 0.1) is 19.2 Å². The summed E-state index contributed by atoms with van der Waals surface area (Å²) in [5.41, 5.74) is 7.27. The van der Waals surface area contributed by atoms with Crippen LogP contribution < -0.4 is 10.5 Å². The van der Waals surface area contributed by atoms with Crippen molar-refractivity contribution in [2.45, 2.75) is 19.4 Å². The van der Waals surface area contributed by atoms with E-state index in [4.69, 9.17) is 10.5 Å². The van der Waals surface area contributed by atoms with Crippen molar-refractivity contribution >= 4 is 5.91 Å². The molecule has 2 N–H and O–H groups in total. The average Bonchev–Trinajstić information content (AvgIpc) is 2.82. The number of nitrogens with two attached hydrogens (primary N) is 1. The van der Waals surface area contributed by atoms with E-state index in [-0.39, 0.29) is 5.91 Å². The van der Waals surface area contributed by atoms with Crippen molar-refractivity contribution in [3.05, 3.63) is 29.3 Å². The highest BCUT2D eigenvalue weighted by molar-refractivity contribution is 5.78. The van der Waals surface area contributed by atoms with E-state index in [0.29, 0.717) is 19.5 Å². The Hall–Kier alpha value is -1.99. The van der Waals surface area contributed by atoms with Gasteiger partial charge in [0.15, 0.2) is 0 Å². The van der Waals surface area contributed by atoms with Crippen molar-refractivity contribution in [2.75, 3.05) is 20.2 Å². The Morgan fingerprint density at radius 2 is 2.32 bits per heavy atom. The monoisotopic (exact) mass is 258 g/mol. The Morgan fingerprint density at radius 1 is 1.47 bits per heavy atom. The Bertz CT molecular complexity index is 529. The standard InChI is InChI=1S/C15H18N2O2/c1-19-14-7-6-12(10-13(14)4-2-8-16)11-17-9-3-5-15(17)18/h6-7,10H,3,5,8-9,11,16H2,1H3. The minimum Gasteiger partial charge on any atom is -0.495 e. The van der Waals surface area contributed by atoms with Gasteiger partial charge in [-0.2, -0.15) is 0 Å². The van der Waals surface area contributed by atoms with E-state index in [0.717, 1.165) is 29.8 Å². The molecule has 0 unspecified atom stereocenters. The molecule has 1 aliphatic heterocycles. The molecule has 1 saturated heterocycles. The fourth-order valence-electron chi connectivity index (χ4n) is 2.19. The van der Waals surface area contributed by atoms with Gasteiger partial charge in [0.1, 0.15) is 5.75 Å². The molecule has 0 aliphatic carbocycles. The molecule has 0 saturated carbocycles. The predicted octanol–water partition coefficient (Wildman–Crippen LogP) is 1.13. The molecule has 1 amide bonds. The molecule has 1 heterocycles. The molecule has 100 valence electrons. The summed E-state index contributed by atoms with van der Waals surface area (Å²) in [6, 6.07) is 5.82. The average molecular weight is 258 g/mol. The van der Waals surface area contributed by atoms with Crippen LogP contribution in [-0.4, -0.2) is 31.0 Å². The minimum atomic E-state index is 0.227. The first-order chi connectivity index (χ1) is 9.24. The molecule has 2 rings (SSSR count). The van der Waals surface area contributed by atoms with Gasteiger partial charge >= 0.3 is 0 Å². The number of hydrogen-bond acceptors (Lipinski definition) is 3. The minimum absolute atomic E-state index is 0.227. The maximum Gasteiger partial charge on any atom is 0.222 e. The van der Waals surface area contributed by atoms with E-state index in [1.807, 2.05) is 23.1 Å². The molecular weight excluding hydrogens is 240 g/mol. The molecule has 0 radical (unpaired) electrons. The molecule has 0 bridgehead atoms. The van der Waals surface area contributed by atoms with Crippen LogP contribution in [0.2, 0.25) is 0 Å². The molecule has 1 aromatic rings. The zero-order chi connectivity index (χ0) is 13.7. The van der Waals surface area contributed by atoms with Gasteiger partial charge in [-0.1, -0.05) is 17.9 Å². The third kappa shape index (κ3) is 3.27. The lowest BCUT2D eigenvalue weighted by atomic mass is 10.1. The number of rotatable bonds is 3. The first-order valence-electron chi connectivity index (χ1n) is 6.38. The number of amides is 1. The topological polar surface area (TPSA) is 55.6 Å². The van der Waals surface area contributed by atoms with Crippen LogP contribution >= 0.6 is 0 Å². The van der Waals surface area contributed by atoms with Crippen molar-refractivity contribution in [1.82, 2.24) is 4.90 Å². The second kappa shape index (κ2) is 6.26. The van der Waals surface area contributed by atoms with E-state index in [1.54, 1.807) is 7.11 Å². The van der Waals surface area contributed by atoms with Crippen LogP contribution in [0.15, 0.2) is 18.2 Å². The Labute approximate surface area is 113 Å². The third-order valence-electron chi connectivity index (χ3n) is 3.13. The highest BCUT2D eigenvalue weighted by atomic mass is 16.5. The molecule has 1 aromatic carbocycles. The van der Waals surface area contributed by atoms with Gasteiger partial charge in [0.2, 0.25) is 5.91 Å². The fourth-order valence-corrected chi connectivity index (χ4v) is 2.19. The summed E-state index contributed by atoms with van der Waals surface area (Å²) < 4.78 is 5.26. The number of likely N-dealkylation sites (tertiary alicyclic amines) is 1. The first kappa shape index (κ1) is 13.4. The smallest absolute Gasteiger partial charge is 0.222 e. The highest BCUT2D eigenvalue weighted by Gasteiger charge is 2.20. The maximum atomic E-state index is 11.6. The Kier molecular flexibility index (Phi) is 4.43. The van der Waals surface area contributed by atoms with Crippen LogP contribution in [0.4, 0.5) is 0 Å². The fraction of sp³-hybridized carbons (Fsp3) is 0.400. The lowest BCUT2D eigenvalue weighted by Crippen LogP contribution is -2.23. The van der Waals surface area contributed by atoms with E-state index in [2.05, 4.69) is 11.8 Å². The lowest BCUT2D eigenvalue weighted by Gasteiger charge is -2.16. The lowest BCUT2D eigenvalue weighted by molar-refractivity contribution is -0.128. The molecule has 0 aromatic heterocycles. The van der Waals surface area contributed by atoms with Crippen LogP contribution in [0, 0.1) is 11.8 Å². The highest BCUT2D eigenvalue weighted by Crippen LogP contribution is 2.21. The van der Waals surface area contributed by atoms with Crippen molar-refractivity contribution in [3.63, 3.8) is 0 Å². The number of ether oxygens (including phenoxy) is 1. The van der Waals surface area contributed by atoms with Crippen LogP contribution in [0.5, 0.6) is 5.75 Å². The van der Waals surface area contributed by atoms with Crippen molar-refractivity contribution in [2.24, 2.45) is 5.73 Å².